The lowest BCUT2D eigenvalue weighted by Gasteiger charge is -2.33. The molecule has 0 aliphatic heterocycles. The summed E-state index contributed by atoms with van der Waals surface area (Å²) in [5.74, 6) is 0. The molecular weight excluding hydrogens is 252 g/mol. The number of rotatable bonds is 8. The Morgan fingerprint density at radius 1 is 1.42 bits per heavy atom. The average Bonchev–Trinajstić information content (AvgIpc) is 3.05. The Hall–Kier alpha value is -0.380. The van der Waals surface area contributed by atoms with Crippen LogP contribution in [0, 0.1) is 5.41 Å². The van der Waals surface area contributed by atoms with Crippen LogP contribution in [0.1, 0.15) is 46.1 Å². The molecule has 2 rings (SSSR count). The first-order valence-corrected chi connectivity index (χ1v) is 8.39. The Labute approximate surface area is 122 Å². The normalized spacial score (nSPS) is 16.5. The van der Waals surface area contributed by atoms with E-state index in [-0.39, 0.29) is 0 Å². The molecule has 0 unspecified atom stereocenters. The largest absolute Gasteiger partial charge is 0.314 e. The molecule has 1 fully saturated rings. The lowest BCUT2D eigenvalue weighted by atomic mass is 9.92. The Morgan fingerprint density at radius 2 is 2.16 bits per heavy atom. The van der Waals surface area contributed by atoms with Gasteiger partial charge >= 0.3 is 0 Å². The van der Waals surface area contributed by atoms with Crippen LogP contribution < -0.4 is 5.32 Å². The van der Waals surface area contributed by atoms with Crippen LogP contribution in [0.15, 0.2) is 16.8 Å². The molecule has 1 aliphatic carbocycles. The maximum atomic E-state index is 3.58. The summed E-state index contributed by atoms with van der Waals surface area (Å²) in [5.41, 5.74) is 1.81. The molecule has 1 aromatic rings. The van der Waals surface area contributed by atoms with Crippen LogP contribution in [-0.2, 0) is 6.54 Å². The van der Waals surface area contributed by atoms with Gasteiger partial charge in [-0.1, -0.05) is 27.7 Å². The summed E-state index contributed by atoms with van der Waals surface area (Å²) in [6.07, 6.45) is 2.77. The molecule has 108 valence electrons. The quantitative estimate of drug-likeness (QED) is 0.780. The number of hydrogen-bond acceptors (Lipinski definition) is 3. The summed E-state index contributed by atoms with van der Waals surface area (Å²) in [6.45, 7) is 12.6. The van der Waals surface area contributed by atoms with Gasteiger partial charge in [-0.05, 0) is 40.6 Å². The van der Waals surface area contributed by atoms with Crippen LogP contribution in [0.3, 0.4) is 0 Å². The minimum atomic E-state index is 0.336. The van der Waals surface area contributed by atoms with Crippen LogP contribution in [0.4, 0.5) is 0 Å². The summed E-state index contributed by atoms with van der Waals surface area (Å²) in [7, 11) is 0. The topological polar surface area (TPSA) is 15.3 Å². The number of nitrogens with zero attached hydrogens (tertiary/aromatic N) is 1. The minimum absolute atomic E-state index is 0.336. The van der Waals surface area contributed by atoms with Crippen LogP contribution in [0.5, 0.6) is 0 Å². The van der Waals surface area contributed by atoms with Crippen molar-refractivity contribution in [3.8, 4) is 0 Å². The molecule has 0 atom stereocenters. The summed E-state index contributed by atoms with van der Waals surface area (Å²) in [5, 5.41) is 8.06. The molecule has 0 spiro atoms. The third kappa shape index (κ3) is 5.25. The van der Waals surface area contributed by atoms with Crippen molar-refractivity contribution in [3.05, 3.63) is 22.4 Å². The van der Waals surface area contributed by atoms with E-state index in [4.69, 9.17) is 0 Å². The Bertz CT molecular complexity index is 366. The minimum Gasteiger partial charge on any atom is -0.314 e. The molecule has 1 heterocycles. The zero-order chi connectivity index (χ0) is 13.9. The van der Waals surface area contributed by atoms with Crippen molar-refractivity contribution in [3.63, 3.8) is 0 Å². The monoisotopic (exact) mass is 280 g/mol. The van der Waals surface area contributed by atoms with Gasteiger partial charge in [0.2, 0.25) is 0 Å². The van der Waals surface area contributed by atoms with Crippen LogP contribution in [0.2, 0.25) is 0 Å². The molecule has 1 aliphatic rings. The van der Waals surface area contributed by atoms with Crippen molar-refractivity contribution in [2.24, 2.45) is 5.41 Å². The Morgan fingerprint density at radius 3 is 2.68 bits per heavy atom. The standard InChI is InChI=1S/C16H28N2S/c1-13(2)17-11-16(3,4)12-18(15-5-6-15)9-14-7-8-19-10-14/h7-8,10,13,15,17H,5-6,9,11-12H2,1-4H3. The van der Waals surface area contributed by atoms with Gasteiger partial charge in [0.05, 0.1) is 0 Å². The van der Waals surface area contributed by atoms with Crippen molar-refractivity contribution >= 4 is 11.3 Å². The first-order valence-electron chi connectivity index (χ1n) is 7.45. The fourth-order valence-corrected chi connectivity index (χ4v) is 3.12. The second-order valence-electron chi connectivity index (χ2n) is 6.97. The smallest absolute Gasteiger partial charge is 0.0245 e. The van der Waals surface area contributed by atoms with Crippen molar-refractivity contribution in [2.75, 3.05) is 13.1 Å². The molecule has 2 nitrogen and oxygen atoms in total. The van der Waals surface area contributed by atoms with Crippen molar-refractivity contribution in [1.82, 2.24) is 10.2 Å². The molecule has 3 heteroatoms. The average molecular weight is 280 g/mol. The van der Waals surface area contributed by atoms with Crippen LogP contribution >= 0.6 is 11.3 Å². The van der Waals surface area contributed by atoms with E-state index in [0.29, 0.717) is 11.5 Å². The molecule has 0 radical (unpaired) electrons. The van der Waals surface area contributed by atoms with Crippen LogP contribution in [-0.4, -0.2) is 30.1 Å². The van der Waals surface area contributed by atoms with E-state index >= 15 is 0 Å². The third-order valence-electron chi connectivity index (χ3n) is 3.65. The highest BCUT2D eigenvalue weighted by atomic mass is 32.1. The fraction of sp³-hybridized carbons (Fsp3) is 0.750. The van der Waals surface area contributed by atoms with Gasteiger partial charge in [0.25, 0.3) is 0 Å². The zero-order valence-electron chi connectivity index (χ0n) is 12.8. The highest BCUT2D eigenvalue weighted by molar-refractivity contribution is 7.07. The van der Waals surface area contributed by atoms with Crippen molar-refractivity contribution in [2.45, 2.75) is 59.2 Å². The van der Waals surface area contributed by atoms with E-state index in [0.717, 1.165) is 19.1 Å². The predicted octanol–water partition coefficient (Wildman–Crippen LogP) is 3.74. The third-order valence-corrected chi connectivity index (χ3v) is 4.38. The molecule has 0 bridgehead atoms. The summed E-state index contributed by atoms with van der Waals surface area (Å²) in [4.78, 5) is 2.68. The van der Waals surface area contributed by atoms with Gasteiger partial charge in [0.1, 0.15) is 0 Å². The van der Waals surface area contributed by atoms with E-state index < -0.39 is 0 Å². The number of hydrogen-bond donors (Lipinski definition) is 1. The van der Waals surface area contributed by atoms with E-state index in [2.05, 4.69) is 54.7 Å². The van der Waals surface area contributed by atoms with E-state index in [9.17, 15) is 0 Å². The zero-order valence-corrected chi connectivity index (χ0v) is 13.6. The Kier molecular flexibility index (Phi) is 5.04. The van der Waals surface area contributed by atoms with Gasteiger partial charge in [-0.2, -0.15) is 11.3 Å². The highest BCUT2D eigenvalue weighted by Crippen LogP contribution is 2.31. The molecule has 0 amide bonds. The summed E-state index contributed by atoms with van der Waals surface area (Å²) in [6, 6.07) is 3.67. The van der Waals surface area contributed by atoms with E-state index in [1.165, 1.54) is 24.9 Å². The number of nitrogens with one attached hydrogen (secondary N) is 1. The SMILES string of the molecule is CC(C)NCC(C)(C)CN(Cc1ccsc1)C1CC1. The maximum Gasteiger partial charge on any atom is 0.0245 e. The molecule has 0 aromatic carbocycles. The summed E-state index contributed by atoms with van der Waals surface area (Å²) < 4.78 is 0. The van der Waals surface area contributed by atoms with E-state index in [1.54, 1.807) is 11.3 Å². The molecule has 1 aromatic heterocycles. The van der Waals surface area contributed by atoms with Gasteiger partial charge in [-0.15, -0.1) is 0 Å². The Balaban J connectivity index is 1.88. The van der Waals surface area contributed by atoms with E-state index in [1.807, 2.05) is 0 Å². The van der Waals surface area contributed by atoms with Crippen LogP contribution in [0.25, 0.3) is 0 Å². The first kappa shape index (κ1) is 15.0. The van der Waals surface area contributed by atoms with Gasteiger partial charge in [-0.25, -0.2) is 0 Å². The van der Waals surface area contributed by atoms with Crippen molar-refractivity contribution < 1.29 is 0 Å². The second-order valence-corrected chi connectivity index (χ2v) is 7.75. The highest BCUT2D eigenvalue weighted by Gasteiger charge is 2.33. The second kappa shape index (κ2) is 6.38. The molecule has 1 saturated carbocycles. The molecule has 0 saturated heterocycles. The van der Waals surface area contributed by atoms with Gasteiger partial charge in [-0.3, -0.25) is 4.90 Å². The molecular formula is C16H28N2S. The lowest BCUT2D eigenvalue weighted by molar-refractivity contribution is 0.158. The van der Waals surface area contributed by atoms with Gasteiger partial charge < -0.3 is 5.32 Å². The van der Waals surface area contributed by atoms with Gasteiger partial charge in [0, 0.05) is 31.7 Å². The molecule has 1 N–H and O–H groups in total. The van der Waals surface area contributed by atoms with Crippen molar-refractivity contribution in [1.29, 1.82) is 0 Å². The molecule has 19 heavy (non-hydrogen) atoms. The predicted molar refractivity (Wildman–Crippen MR) is 84.7 cm³/mol. The van der Waals surface area contributed by atoms with Gasteiger partial charge in [0.15, 0.2) is 0 Å². The number of thiophene rings is 1. The fourth-order valence-electron chi connectivity index (χ4n) is 2.46. The first-order chi connectivity index (χ1) is 8.96. The maximum absolute atomic E-state index is 3.58. The summed E-state index contributed by atoms with van der Waals surface area (Å²) >= 11 is 1.81. The lowest BCUT2D eigenvalue weighted by Crippen LogP contribution is -2.42.